The summed E-state index contributed by atoms with van der Waals surface area (Å²) in [4.78, 5) is 25.0. The number of hydrogen-bond donors (Lipinski definition) is 2. The van der Waals surface area contributed by atoms with E-state index in [1.54, 1.807) is 14.0 Å². The van der Waals surface area contributed by atoms with E-state index in [9.17, 15) is 14.7 Å². The fourth-order valence-electron chi connectivity index (χ4n) is 4.42. The maximum atomic E-state index is 12.2. The van der Waals surface area contributed by atoms with Gasteiger partial charge in [-0.05, 0) is 50.3 Å². The van der Waals surface area contributed by atoms with Crippen LogP contribution >= 0.6 is 0 Å². The van der Waals surface area contributed by atoms with Crippen molar-refractivity contribution in [2.24, 2.45) is 11.1 Å². The quantitative estimate of drug-likeness (QED) is 0.747. The van der Waals surface area contributed by atoms with Gasteiger partial charge >= 0.3 is 11.8 Å². The number of rotatable bonds is 5. The topological polar surface area (TPSA) is 102 Å². The van der Waals surface area contributed by atoms with Gasteiger partial charge in [-0.3, -0.25) is 9.59 Å². The standard InChI is InChI=1S/C21H30N2O5/c1-13(24)21(2)12-23(20(26)19(22)25)11-16(21)14-8-9-17(27-3)18(10-14)28-15-6-4-5-7-15/h8-10,13,15-16,24H,4-7,11-12H2,1-3H3,(H2,22,25)/t13?,16-,21-/m0/s1. The molecule has 0 aromatic heterocycles. The number of ether oxygens (including phenoxy) is 2. The van der Waals surface area contributed by atoms with Crippen molar-refractivity contribution in [2.45, 2.75) is 57.7 Å². The van der Waals surface area contributed by atoms with Crippen LogP contribution in [0.1, 0.15) is 51.0 Å². The zero-order valence-electron chi connectivity index (χ0n) is 16.8. The number of carbonyl (C=O) groups is 2. The second-order valence-corrected chi connectivity index (χ2v) is 8.22. The van der Waals surface area contributed by atoms with Crippen molar-refractivity contribution in [1.82, 2.24) is 4.90 Å². The zero-order valence-corrected chi connectivity index (χ0v) is 16.8. The average molecular weight is 390 g/mol. The van der Waals surface area contributed by atoms with E-state index in [2.05, 4.69) is 0 Å². The number of nitrogens with zero attached hydrogens (tertiary/aromatic N) is 1. The smallest absolute Gasteiger partial charge is 0.311 e. The van der Waals surface area contributed by atoms with Crippen LogP contribution in [0.25, 0.3) is 0 Å². The molecule has 0 spiro atoms. The molecule has 1 saturated carbocycles. The highest BCUT2D eigenvalue weighted by molar-refractivity contribution is 6.34. The van der Waals surface area contributed by atoms with Crippen LogP contribution in [0.5, 0.6) is 11.5 Å². The van der Waals surface area contributed by atoms with Gasteiger partial charge in [-0.15, -0.1) is 0 Å². The van der Waals surface area contributed by atoms with Crippen LogP contribution in [0.3, 0.4) is 0 Å². The molecule has 0 bridgehead atoms. The molecular formula is C21H30N2O5. The molecule has 7 heteroatoms. The zero-order chi connectivity index (χ0) is 20.5. The minimum atomic E-state index is -0.978. The fraction of sp³-hybridized carbons (Fsp3) is 0.619. The molecule has 1 aliphatic heterocycles. The lowest BCUT2D eigenvalue weighted by molar-refractivity contribution is -0.143. The van der Waals surface area contributed by atoms with Crippen LogP contribution in [-0.2, 0) is 9.59 Å². The first-order chi connectivity index (χ1) is 13.3. The van der Waals surface area contributed by atoms with Crippen LogP contribution in [0.15, 0.2) is 18.2 Å². The van der Waals surface area contributed by atoms with Crippen molar-refractivity contribution in [1.29, 1.82) is 0 Å². The monoisotopic (exact) mass is 390 g/mol. The van der Waals surface area contributed by atoms with Gasteiger partial charge in [0, 0.05) is 24.4 Å². The van der Waals surface area contributed by atoms with Crippen molar-refractivity contribution in [3.63, 3.8) is 0 Å². The summed E-state index contributed by atoms with van der Waals surface area (Å²) in [5, 5.41) is 10.5. The second kappa shape index (κ2) is 7.99. The van der Waals surface area contributed by atoms with Crippen LogP contribution in [0.2, 0.25) is 0 Å². The molecule has 1 unspecified atom stereocenters. The van der Waals surface area contributed by atoms with E-state index in [1.807, 2.05) is 25.1 Å². The Morgan fingerprint density at radius 3 is 2.54 bits per heavy atom. The lowest BCUT2D eigenvalue weighted by Crippen LogP contribution is -2.41. The van der Waals surface area contributed by atoms with Crippen LogP contribution in [0.4, 0.5) is 0 Å². The SMILES string of the molecule is COc1ccc([C@@H]2CN(C(=O)C(N)=O)C[C@@]2(C)C(C)O)cc1OC1CCCC1. The third-order valence-corrected chi connectivity index (χ3v) is 6.37. The van der Waals surface area contributed by atoms with Crippen LogP contribution in [-0.4, -0.2) is 54.2 Å². The summed E-state index contributed by atoms with van der Waals surface area (Å²) in [6, 6.07) is 5.74. The van der Waals surface area contributed by atoms with Crippen molar-refractivity contribution in [2.75, 3.05) is 20.2 Å². The van der Waals surface area contributed by atoms with Gasteiger partial charge in [-0.2, -0.15) is 0 Å². The van der Waals surface area contributed by atoms with Crippen LogP contribution < -0.4 is 15.2 Å². The van der Waals surface area contributed by atoms with Gasteiger partial charge in [-0.1, -0.05) is 13.0 Å². The van der Waals surface area contributed by atoms with Gasteiger partial charge < -0.3 is 25.2 Å². The third kappa shape index (κ3) is 3.81. The van der Waals surface area contributed by atoms with E-state index in [0.29, 0.717) is 18.0 Å². The van der Waals surface area contributed by atoms with Crippen LogP contribution in [0, 0.1) is 5.41 Å². The number of amides is 2. The Bertz CT molecular complexity index is 744. The van der Waals surface area contributed by atoms with E-state index in [-0.39, 0.29) is 18.6 Å². The van der Waals surface area contributed by atoms with Crippen molar-refractivity contribution < 1.29 is 24.2 Å². The molecule has 2 fully saturated rings. The molecule has 7 nitrogen and oxygen atoms in total. The van der Waals surface area contributed by atoms with Gasteiger partial charge in [0.05, 0.1) is 19.3 Å². The first-order valence-corrected chi connectivity index (χ1v) is 9.87. The average Bonchev–Trinajstić information content (AvgIpc) is 3.29. The second-order valence-electron chi connectivity index (χ2n) is 8.22. The van der Waals surface area contributed by atoms with Crippen molar-refractivity contribution in [3.8, 4) is 11.5 Å². The lowest BCUT2D eigenvalue weighted by atomic mass is 9.72. The summed E-state index contributed by atoms with van der Waals surface area (Å²) in [5.74, 6) is -0.511. The number of benzene rings is 1. The Balaban J connectivity index is 1.92. The van der Waals surface area contributed by atoms with E-state index in [0.717, 1.165) is 18.4 Å². The summed E-state index contributed by atoms with van der Waals surface area (Å²) < 4.78 is 11.7. The van der Waals surface area contributed by atoms with Gasteiger partial charge in [0.2, 0.25) is 0 Å². The van der Waals surface area contributed by atoms with Gasteiger partial charge in [0.15, 0.2) is 11.5 Å². The predicted octanol–water partition coefficient (Wildman–Crippen LogP) is 1.81. The Morgan fingerprint density at radius 2 is 1.96 bits per heavy atom. The molecule has 3 rings (SSSR count). The number of hydrogen-bond acceptors (Lipinski definition) is 5. The summed E-state index contributed by atoms with van der Waals surface area (Å²) in [6.45, 7) is 4.23. The summed E-state index contributed by atoms with van der Waals surface area (Å²) in [7, 11) is 1.61. The molecule has 1 saturated heterocycles. The molecule has 1 heterocycles. The molecular weight excluding hydrogens is 360 g/mol. The van der Waals surface area contributed by atoms with Gasteiger partial charge in [0.1, 0.15) is 0 Å². The number of methoxy groups -OCH3 is 1. The highest BCUT2D eigenvalue weighted by atomic mass is 16.5. The summed E-state index contributed by atoms with van der Waals surface area (Å²) in [5.41, 5.74) is 5.52. The molecule has 1 aliphatic carbocycles. The van der Waals surface area contributed by atoms with Crippen molar-refractivity contribution >= 4 is 11.8 Å². The van der Waals surface area contributed by atoms with Gasteiger partial charge in [-0.25, -0.2) is 0 Å². The highest BCUT2D eigenvalue weighted by Gasteiger charge is 2.49. The van der Waals surface area contributed by atoms with E-state index in [4.69, 9.17) is 15.2 Å². The fourth-order valence-corrected chi connectivity index (χ4v) is 4.42. The molecule has 3 atom stereocenters. The molecule has 1 aromatic rings. The Kier molecular flexibility index (Phi) is 5.84. The molecule has 1 aromatic carbocycles. The Morgan fingerprint density at radius 1 is 1.29 bits per heavy atom. The summed E-state index contributed by atoms with van der Waals surface area (Å²) in [6.07, 6.45) is 3.90. The number of likely N-dealkylation sites (tertiary alicyclic amines) is 1. The first kappa shape index (κ1) is 20.5. The minimum absolute atomic E-state index is 0.160. The van der Waals surface area contributed by atoms with E-state index in [1.165, 1.54) is 17.7 Å². The minimum Gasteiger partial charge on any atom is -0.493 e. The number of aliphatic hydroxyl groups excluding tert-OH is 1. The molecule has 0 radical (unpaired) electrons. The number of nitrogens with two attached hydrogens (primary N) is 1. The predicted molar refractivity (Wildman–Crippen MR) is 104 cm³/mol. The molecule has 3 N–H and O–H groups in total. The molecule has 28 heavy (non-hydrogen) atoms. The highest BCUT2D eigenvalue weighted by Crippen LogP contribution is 2.47. The lowest BCUT2D eigenvalue weighted by Gasteiger charge is -2.34. The third-order valence-electron chi connectivity index (χ3n) is 6.37. The van der Waals surface area contributed by atoms with Gasteiger partial charge in [0.25, 0.3) is 0 Å². The maximum Gasteiger partial charge on any atom is 0.311 e. The van der Waals surface area contributed by atoms with Crippen molar-refractivity contribution in [3.05, 3.63) is 23.8 Å². The Hall–Kier alpha value is -2.28. The normalized spacial score (nSPS) is 26.3. The van der Waals surface area contributed by atoms with E-state index < -0.39 is 23.3 Å². The molecule has 2 amide bonds. The number of carbonyl (C=O) groups excluding carboxylic acids is 2. The molecule has 2 aliphatic rings. The largest absolute Gasteiger partial charge is 0.493 e. The van der Waals surface area contributed by atoms with E-state index >= 15 is 0 Å². The Labute approximate surface area is 165 Å². The maximum absolute atomic E-state index is 12.2. The number of primary amides is 1. The first-order valence-electron chi connectivity index (χ1n) is 9.87. The number of aliphatic hydroxyl groups is 1. The summed E-state index contributed by atoms with van der Waals surface area (Å²) >= 11 is 0. The molecule has 154 valence electrons.